The van der Waals surface area contributed by atoms with Crippen molar-refractivity contribution < 1.29 is 14.7 Å². The summed E-state index contributed by atoms with van der Waals surface area (Å²) in [5.41, 5.74) is 0.881. The minimum atomic E-state index is -0.302. The molecule has 0 fully saturated rings. The van der Waals surface area contributed by atoms with Gasteiger partial charge in [0.25, 0.3) is 5.91 Å². The van der Waals surface area contributed by atoms with Gasteiger partial charge >= 0.3 is 0 Å². The van der Waals surface area contributed by atoms with E-state index in [9.17, 15) is 9.59 Å². The van der Waals surface area contributed by atoms with Crippen molar-refractivity contribution in [2.45, 2.75) is 6.92 Å². The van der Waals surface area contributed by atoms with Crippen molar-refractivity contribution in [2.75, 3.05) is 20.2 Å². The van der Waals surface area contributed by atoms with Gasteiger partial charge in [0.2, 0.25) is 5.91 Å². The molecule has 0 saturated carbocycles. The van der Waals surface area contributed by atoms with Gasteiger partial charge in [0.15, 0.2) is 0 Å². The summed E-state index contributed by atoms with van der Waals surface area (Å²) in [6.45, 7) is 1.58. The average Bonchev–Trinajstić information content (AvgIpc) is 2.74. The van der Waals surface area contributed by atoms with Gasteiger partial charge in [-0.15, -0.1) is 11.3 Å². The molecular weight excluding hydrogens is 252 g/mol. The van der Waals surface area contributed by atoms with Crippen molar-refractivity contribution in [2.24, 2.45) is 0 Å². The fraction of sp³-hybridized carbons (Fsp3) is 0.333. The summed E-state index contributed by atoms with van der Waals surface area (Å²) < 4.78 is 0. The van der Waals surface area contributed by atoms with Crippen LogP contribution in [-0.4, -0.2) is 37.1 Å². The number of aliphatic hydroxyl groups is 1. The van der Waals surface area contributed by atoms with E-state index in [0.717, 1.165) is 10.4 Å². The normalized spacial score (nSPS) is 9.28. The van der Waals surface area contributed by atoms with E-state index in [1.807, 2.05) is 6.92 Å². The van der Waals surface area contributed by atoms with Crippen molar-refractivity contribution in [1.82, 2.24) is 10.6 Å². The number of aliphatic hydroxyl groups excluding tert-OH is 1. The lowest BCUT2D eigenvalue weighted by molar-refractivity contribution is -0.119. The van der Waals surface area contributed by atoms with E-state index in [2.05, 4.69) is 22.5 Å². The summed E-state index contributed by atoms with van der Waals surface area (Å²) in [6.07, 6.45) is 0. The Morgan fingerprint density at radius 1 is 1.50 bits per heavy atom. The van der Waals surface area contributed by atoms with Gasteiger partial charge in [-0.2, -0.15) is 0 Å². The lowest BCUT2D eigenvalue weighted by Crippen LogP contribution is -2.34. The standard InChI is InChI=1S/C12H14N2O3S/c1-8-6-10(18-9(8)4-3-5-15)12(17)14-7-11(16)13-2/h6,15H,5,7H2,1-2H3,(H,13,16)(H,14,17). The summed E-state index contributed by atoms with van der Waals surface area (Å²) in [5.74, 6) is 4.76. The van der Waals surface area contributed by atoms with Crippen molar-refractivity contribution in [3.63, 3.8) is 0 Å². The summed E-state index contributed by atoms with van der Waals surface area (Å²) in [4.78, 5) is 24.0. The molecular formula is C12H14N2O3S. The van der Waals surface area contributed by atoms with Gasteiger partial charge in [-0.25, -0.2) is 0 Å². The molecule has 0 saturated heterocycles. The van der Waals surface area contributed by atoms with E-state index in [-0.39, 0.29) is 25.0 Å². The molecule has 0 spiro atoms. The van der Waals surface area contributed by atoms with Crippen LogP contribution in [-0.2, 0) is 4.79 Å². The molecule has 1 aromatic rings. The van der Waals surface area contributed by atoms with E-state index < -0.39 is 0 Å². The van der Waals surface area contributed by atoms with Crippen LogP contribution < -0.4 is 10.6 Å². The van der Waals surface area contributed by atoms with Gasteiger partial charge in [-0.3, -0.25) is 9.59 Å². The van der Waals surface area contributed by atoms with E-state index in [1.54, 1.807) is 6.07 Å². The Balaban J connectivity index is 2.72. The molecule has 3 N–H and O–H groups in total. The summed E-state index contributed by atoms with van der Waals surface area (Å²) >= 11 is 1.24. The third-order valence-corrected chi connectivity index (χ3v) is 3.26. The Morgan fingerprint density at radius 3 is 2.83 bits per heavy atom. The molecule has 1 rings (SSSR count). The molecule has 0 aromatic carbocycles. The molecule has 0 atom stereocenters. The number of carbonyl (C=O) groups is 2. The number of amides is 2. The molecule has 1 aromatic heterocycles. The van der Waals surface area contributed by atoms with Crippen LogP contribution in [0.4, 0.5) is 0 Å². The molecule has 0 aliphatic heterocycles. The fourth-order valence-electron chi connectivity index (χ4n) is 1.17. The largest absolute Gasteiger partial charge is 0.384 e. The zero-order valence-corrected chi connectivity index (χ0v) is 11.0. The van der Waals surface area contributed by atoms with Gasteiger partial charge in [-0.05, 0) is 18.6 Å². The number of hydrogen-bond donors (Lipinski definition) is 3. The van der Waals surface area contributed by atoms with Gasteiger partial charge < -0.3 is 15.7 Å². The van der Waals surface area contributed by atoms with E-state index in [1.165, 1.54) is 18.4 Å². The molecule has 18 heavy (non-hydrogen) atoms. The predicted octanol–water partition coefficient (Wildman–Crippen LogP) is -0.124. The Labute approximate surface area is 109 Å². The van der Waals surface area contributed by atoms with Gasteiger partial charge in [-0.1, -0.05) is 11.8 Å². The first-order chi connectivity index (χ1) is 8.58. The third-order valence-electron chi connectivity index (χ3n) is 2.11. The molecule has 0 radical (unpaired) electrons. The Bertz CT molecular complexity index is 511. The Kier molecular flexibility index (Phi) is 5.36. The van der Waals surface area contributed by atoms with Crippen LogP contribution in [0.1, 0.15) is 20.1 Å². The van der Waals surface area contributed by atoms with Crippen LogP contribution in [0.5, 0.6) is 0 Å². The second-order valence-electron chi connectivity index (χ2n) is 3.44. The van der Waals surface area contributed by atoms with Gasteiger partial charge in [0.1, 0.15) is 6.61 Å². The van der Waals surface area contributed by atoms with E-state index in [0.29, 0.717) is 4.88 Å². The molecule has 5 nitrogen and oxygen atoms in total. The molecule has 96 valence electrons. The number of nitrogens with one attached hydrogen (secondary N) is 2. The SMILES string of the molecule is CNC(=O)CNC(=O)c1cc(C)c(C#CCO)s1. The van der Waals surface area contributed by atoms with Crippen molar-refractivity contribution >= 4 is 23.2 Å². The first kappa shape index (κ1) is 14.2. The number of rotatable bonds is 3. The maximum atomic E-state index is 11.7. The lowest BCUT2D eigenvalue weighted by atomic mass is 10.2. The highest BCUT2D eigenvalue weighted by molar-refractivity contribution is 7.14. The first-order valence-corrected chi connectivity index (χ1v) is 6.09. The van der Waals surface area contributed by atoms with Crippen LogP contribution in [0.25, 0.3) is 0 Å². The van der Waals surface area contributed by atoms with Crippen LogP contribution in [0.3, 0.4) is 0 Å². The number of carbonyl (C=O) groups excluding carboxylic acids is 2. The predicted molar refractivity (Wildman–Crippen MR) is 69.4 cm³/mol. The maximum absolute atomic E-state index is 11.7. The Hall–Kier alpha value is -1.84. The third kappa shape index (κ3) is 3.87. The highest BCUT2D eigenvalue weighted by atomic mass is 32.1. The van der Waals surface area contributed by atoms with Crippen molar-refractivity contribution in [1.29, 1.82) is 0 Å². The minimum absolute atomic E-state index is 0.0517. The van der Waals surface area contributed by atoms with Crippen LogP contribution in [0.2, 0.25) is 0 Å². The number of hydrogen-bond acceptors (Lipinski definition) is 4. The van der Waals surface area contributed by atoms with E-state index in [4.69, 9.17) is 5.11 Å². The van der Waals surface area contributed by atoms with Crippen LogP contribution in [0, 0.1) is 18.8 Å². The monoisotopic (exact) mass is 266 g/mol. The zero-order chi connectivity index (χ0) is 13.5. The molecule has 0 bridgehead atoms. The van der Waals surface area contributed by atoms with E-state index >= 15 is 0 Å². The smallest absolute Gasteiger partial charge is 0.261 e. The molecule has 0 aliphatic rings. The number of thiophene rings is 1. The number of likely N-dealkylation sites (N-methyl/N-ethyl adjacent to an activating group) is 1. The topological polar surface area (TPSA) is 78.4 Å². The summed E-state index contributed by atoms with van der Waals surface area (Å²) in [6, 6.07) is 1.71. The van der Waals surface area contributed by atoms with Gasteiger partial charge in [0.05, 0.1) is 16.3 Å². The average molecular weight is 266 g/mol. The molecule has 6 heteroatoms. The van der Waals surface area contributed by atoms with Crippen LogP contribution in [0.15, 0.2) is 6.07 Å². The highest BCUT2D eigenvalue weighted by Gasteiger charge is 2.12. The van der Waals surface area contributed by atoms with Crippen molar-refractivity contribution in [3.05, 3.63) is 21.4 Å². The Morgan fingerprint density at radius 2 is 2.22 bits per heavy atom. The second-order valence-corrected chi connectivity index (χ2v) is 4.49. The van der Waals surface area contributed by atoms with Crippen molar-refractivity contribution in [3.8, 4) is 11.8 Å². The van der Waals surface area contributed by atoms with Gasteiger partial charge in [0, 0.05) is 7.05 Å². The molecule has 2 amide bonds. The molecule has 1 heterocycles. The first-order valence-electron chi connectivity index (χ1n) is 5.27. The molecule has 0 aliphatic carbocycles. The maximum Gasteiger partial charge on any atom is 0.261 e. The number of aryl methyl sites for hydroxylation is 1. The summed E-state index contributed by atoms with van der Waals surface area (Å²) in [5, 5.41) is 13.5. The quantitative estimate of drug-likeness (QED) is 0.667. The van der Waals surface area contributed by atoms with Crippen LogP contribution >= 0.6 is 11.3 Å². The zero-order valence-electron chi connectivity index (χ0n) is 10.2. The summed E-state index contributed by atoms with van der Waals surface area (Å²) in [7, 11) is 1.51. The fourth-order valence-corrected chi connectivity index (χ4v) is 2.14. The minimum Gasteiger partial charge on any atom is -0.384 e. The second kappa shape index (κ2) is 6.79. The molecule has 0 unspecified atom stereocenters. The highest BCUT2D eigenvalue weighted by Crippen LogP contribution is 2.20. The lowest BCUT2D eigenvalue weighted by Gasteiger charge is -2.01.